The van der Waals surface area contributed by atoms with Crippen LogP contribution in [-0.2, 0) is 16.1 Å². The summed E-state index contributed by atoms with van der Waals surface area (Å²) >= 11 is 0. The number of carbonyl (C=O) groups excluding carboxylic acids is 2. The van der Waals surface area contributed by atoms with E-state index < -0.39 is 11.4 Å². The molecule has 1 aromatic rings. The van der Waals surface area contributed by atoms with Gasteiger partial charge in [0, 0.05) is 25.2 Å². The quantitative estimate of drug-likeness (QED) is 0.886. The van der Waals surface area contributed by atoms with E-state index in [-0.39, 0.29) is 30.8 Å². The van der Waals surface area contributed by atoms with Gasteiger partial charge in [-0.3, -0.25) is 14.6 Å². The Balaban J connectivity index is 2.28. The average molecular weight is 279 g/mol. The molecule has 108 valence electrons. The summed E-state index contributed by atoms with van der Waals surface area (Å²) in [5.74, 6) is -0.776. The molecule has 0 radical (unpaired) electrons. The third-order valence-corrected chi connectivity index (χ3v) is 3.37. The fraction of sp³-hybridized carbons (Fsp3) is 0.500. The summed E-state index contributed by atoms with van der Waals surface area (Å²) in [5, 5.41) is 2.71. The molecular weight excluding hydrogens is 261 g/mol. The third kappa shape index (κ3) is 2.95. The van der Waals surface area contributed by atoms with Crippen LogP contribution in [0.2, 0.25) is 0 Å². The van der Waals surface area contributed by atoms with E-state index in [1.165, 1.54) is 12.3 Å². The van der Waals surface area contributed by atoms with Crippen LogP contribution in [0, 0.1) is 5.82 Å². The van der Waals surface area contributed by atoms with Crippen LogP contribution in [-0.4, -0.2) is 33.3 Å². The Morgan fingerprint density at radius 1 is 1.45 bits per heavy atom. The van der Waals surface area contributed by atoms with Crippen molar-refractivity contribution < 1.29 is 14.0 Å². The molecule has 20 heavy (non-hydrogen) atoms. The molecule has 1 aromatic heterocycles. The number of hydrogen-bond acceptors (Lipinski definition) is 3. The van der Waals surface area contributed by atoms with E-state index in [1.54, 1.807) is 18.7 Å². The lowest BCUT2D eigenvalue weighted by molar-refractivity contribution is -0.139. The Morgan fingerprint density at radius 2 is 2.15 bits per heavy atom. The van der Waals surface area contributed by atoms with Gasteiger partial charge in [0.05, 0.1) is 6.20 Å². The number of pyridine rings is 1. The fourth-order valence-electron chi connectivity index (χ4n) is 2.36. The molecule has 0 spiro atoms. The average Bonchev–Trinajstić information content (AvgIpc) is 2.39. The zero-order valence-corrected chi connectivity index (χ0v) is 11.8. The number of nitrogens with zero attached hydrogens (tertiary/aromatic N) is 2. The Hall–Kier alpha value is -1.98. The van der Waals surface area contributed by atoms with Crippen LogP contribution in [0.1, 0.15) is 32.8 Å². The van der Waals surface area contributed by atoms with Gasteiger partial charge in [-0.05, 0) is 32.4 Å². The van der Waals surface area contributed by atoms with Crippen LogP contribution in [0.4, 0.5) is 4.39 Å². The maximum absolute atomic E-state index is 13.2. The summed E-state index contributed by atoms with van der Waals surface area (Å²) in [5.41, 5.74) is -0.349. The van der Waals surface area contributed by atoms with E-state index in [0.29, 0.717) is 5.56 Å². The first-order valence-corrected chi connectivity index (χ1v) is 6.51. The highest BCUT2D eigenvalue weighted by Gasteiger charge is 2.39. The van der Waals surface area contributed by atoms with Crippen LogP contribution < -0.4 is 5.32 Å². The molecule has 5 nitrogen and oxygen atoms in total. The lowest BCUT2D eigenvalue weighted by Crippen LogP contribution is -2.53. The molecule has 0 saturated carbocycles. The van der Waals surface area contributed by atoms with E-state index in [1.807, 2.05) is 6.92 Å². The topological polar surface area (TPSA) is 62.3 Å². The number of carbonyl (C=O) groups is 2. The summed E-state index contributed by atoms with van der Waals surface area (Å²) < 4.78 is 13.2. The lowest BCUT2D eigenvalue weighted by atomic mass is 10.0. The molecule has 1 fully saturated rings. The molecule has 1 N–H and O–H groups in total. The number of halogens is 1. The van der Waals surface area contributed by atoms with Crippen molar-refractivity contribution in [3.8, 4) is 0 Å². The highest BCUT2D eigenvalue weighted by molar-refractivity contribution is 5.93. The standard InChI is InChI=1S/C14H18FN3O2/c1-9-4-12(19)17-14(2,3)13(20)18(9)8-10-5-11(15)7-16-6-10/h5-7,9H,4,8H2,1-3H3,(H,17,19). The zero-order valence-electron chi connectivity index (χ0n) is 11.8. The number of hydrogen-bond donors (Lipinski definition) is 1. The molecule has 2 heterocycles. The first-order valence-electron chi connectivity index (χ1n) is 6.51. The molecule has 0 aliphatic carbocycles. The van der Waals surface area contributed by atoms with E-state index in [0.717, 1.165) is 6.20 Å². The highest BCUT2D eigenvalue weighted by Crippen LogP contribution is 2.20. The van der Waals surface area contributed by atoms with Crippen LogP contribution >= 0.6 is 0 Å². The lowest BCUT2D eigenvalue weighted by Gasteiger charge is -2.32. The van der Waals surface area contributed by atoms with Gasteiger partial charge in [-0.25, -0.2) is 4.39 Å². The highest BCUT2D eigenvalue weighted by atomic mass is 19.1. The van der Waals surface area contributed by atoms with Gasteiger partial charge in [-0.15, -0.1) is 0 Å². The Labute approximate surface area is 117 Å². The van der Waals surface area contributed by atoms with Crippen molar-refractivity contribution in [2.75, 3.05) is 0 Å². The molecule has 1 aliphatic rings. The van der Waals surface area contributed by atoms with Gasteiger partial charge < -0.3 is 10.2 Å². The largest absolute Gasteiger partial charge is 0.342 e. The smallest absolute Gasteiger partial charge is 0.248 e. The third-order valence-electron chi connectivity index (χ3n) is 3.37. The Kier molecular flexibility index (Phi) is 3.74. The molecule has 1 saturated heterocycles. The summed E-state index contributed by atoms with van der Waals surface area (Å²) in [6.45, 7) is 5.39. The minimum Gasteiger partial charge on any atom is -0.342 e. The Morgan fingerprint density at radius 3 is 2.80 bits per heavy atom. The van der Waals surface area contributed by atoms with Crippen molar-refractivity contribution in [2.24, 2.45) is 0 Å². The fourth-order valence-corrected chi connectivity index (χ4v) is 2.36. The maximum Gasteiger partial charge on any atom is 0.248 e. The van der Waals surface area contributed by atoms with Crippen LogP contribution in [0.25, 0.3) is 0 Å². The van der Waals surface area contributed by atoms with Crippen molar-refractivity contribution in [1.82, 2.24) is 15.2 Å². The van der Waals surface area contributed by atoms with Crippen LogP contribution in [0.15, 0.2) is 18.5 Å². The van der Waals surface area contributed by atoms with Crippen LogP contribution in [0.3, 0.4) is 0 Å². The normalized spacial score (nSPS) is 22.4. The number of amides is 2. The molecule has 0 bridgehead atoms. The van der Waals surface area contributed by atoms with Gasteiger partial charge >= 0.3 is 0 Å². The van der Waals surface area contributed by atoms with Gasteiger partial charge in [-0.2, -0.15) is 0 Å². The predicted molar refractivity (Wildman–Crippen MR) is 71.0 cm³/mol. The molecular formula is C14H18FN3O2. The van der Waals surface area contributed by atoms with Crippen molar-refractivity contribution in [2.45, 2.75) is 45.3 Å². The monoisotopic (exact) mass is 279 g/mol. The van der Waals surface area contributed by atoms with Gasteiger partial charge in [0.25, 0.3) is 0 Å². The number of aromatic nitrogens is 1. The molecule has 2 rings (SSSR count). The number of nitrogens with one attached hydrogen (secondary N) is 1. The molecule has 1 unspecified atom stereocenters. The first-order chi connectivity index (χ1) is 9.29. The van der Waals surface area contributed by atoms with Crippen LogP contribution in [0.5, 0.6) is 0 Å². The van der Waals surface area contributed by atoms with Gasteiger partial charge in [-0.1, -0.05) is 0 Å². The predicted octanol–water partition coefficient (Wildman–Crippen LogP) is 1.24. The summed E-state index contributed by atoms with van der Waals surface area (Å²) in [6, 6.07) is 1.10. The van der Waals surface area contributed by atoms with Crippen molar-refractivity contribution >= 4 is 11.8 Å². The second kappa shape index (κ2) is 5.19. The minimum absolute atomic E-state index is 0.157. The van der Waals surface area contributed by atoms with E-state index >= 15 is 0 Å². The van der Waals surface area contributed by atoms with Gasteiger partial charge in [0.2, 0.25) is 11.8 Å². The molecule has 2 amide bonds. The number of rotatable bonds is 2. The SMILES string of the molecule is CC1CC(=O)NC(C)(C)C(=O)N1Cc1cncc(F)c1. The van der Waals surface area contributed by atoms with E-state index in [2.05, 4.69) is 10.3 Å². The maximum atomic E-state index is 13.2. The van der Waals surface area contributed by atoms with Crippen molar-refractivity contribution in [3.05, 3.63) is 29.8 Å². The summed E-state index contributed by atoms with van der Waals surface area (Å²) in [4.78, 5) is 29.6. The van der Waals surface area contributed by atoms with Crippen molar-refractivity contribution in [3.63, 3.8) is 0 Å². The van der Waals surface area contributed by atoms with E-state index in [4.69, 9.17) is 0 Å². The van der Waals surface area contributed by atoms with Crippen molar-refractivity contribution in [1.29, 1.82) is 0 Å². The summed E-state index contributed by atoms with van der Waals surface area (Å²) in [6.07, 6.45) is 2.88. The Bertz CT molecular complexity index is 545. The van der Waals surface area contributed by atoms with Gasteiger partial charge in [0.15, 0.2) is 0 Å². The molecule has 1 atom stereocenters. The second-order valence-corrected chi connectivity index (χ2v) is 5.67. The molecule has 6 heteroatoms. The second-order valence-electron chi connectivity index (χ2n) is 5.67. The van der Waals surface area contributed by atoms with E-state index in [9.17, 15) is 14.0 Å². The summed E-state index contributed by atoms with van der Waals surface area (Å²) in [7, 11) is 0. The minimum atomic E-state index is -0.956. The molecule has 1 aliphatic heterocycles. The molecule has 0 aromatic carbocycles. The zero-order chi connectivity index (χ0) is 14.9. The van der Waals surface area contributed by atoms with Gasteiger partial charge in [0.1, 0.15) is 11.4 Å². The first kappa shape index (κ1) is 14.4.